The fraction of sp³-hybridized carbons (Fsp3) is 0.458. The molecule has 0 saturated carbocycles. The number of benzene rings is 2. The topological polar surface area (TPSA) is 90.2 Å². The van der Waals surface area contributed by atoms with Crippen molar-refractivity contribution in [2.24, 2.45) is 11.8 Å². The third-order valence-corrected chi connectivity index (χ3v) is 6.39. The van der Waals surface area contributed by atoms with E-state index in [4.69, 9.17) is 0 Å². The highest BCUT2D eigenvalue weighted by Crippen LogP contribution is 2.34. The standard InChI is InChI=1S/C24H30N4O4/c1-17-12-18(2)16-27(15-17)22-7-6-19(13-23(22)28(31)32)24(30)26-10-8-25(9-11-26)20-4-3-5-21(29)14-20/h3-7,13-14,17-18,29H,8-12,15-16H2,1-2H3. The van der Waals surface area contributed by atoms with Gasteiger partial charge >= 0.3 is 0 Å². The van der Waals surface area contributed by atoms with Crippen LogP contribution in [0.25, 0.3) is 0 Å². The van der Waals surface area contributed by atoms with Gasteiger partial charge < -0.3 is 19.8 Å². The first-order chi connectivity index (χ1) is 15.3. The Morgan fingerprint density at radius 2 is 1.69 bits per heavy atom. The molecule has 2 saturated heterocycles. The van der Waals surface area contributed by atoms with E-state index in [-0.39, 0.29) is 22.3 Å². The lowest BCUT2D eigenvalue weighted by Gasteiger charge is -2.37. The van der Waals surface area contributed by atoms with Gasteiger partial charge in [0.15, 0.2) is 0 Å². The molecule has 2 aliphatic heterocycles. The predicted molar refractivity (Wildman–Crippen MR) is 124 cm³/mol. The van der Waals surface area contributed by atoms with Crippen LogP contribution in [0.3, 0.4) is 0 Å². The molecular weight excluding hydrogens is 408 g/mol. The molecule has 0 radical (unpaired) electrons. The number of phenolic OH excluding ortho intramolecular Hbond substituents is 1. The van der Waals surface area contributed by atoms with E-state index in [1.165, 1.54) is 6.07 Å². The van der Waals surface area contributed by atoms with Crippen LogP contribution >= 0.6 is 0 Å². The maximum Gasteiger partial charge on any atom is 0.293 e. The van der Waals surface area contributed by atoms with Crippen LogP contribution in [-0.4, -0.2) is 60.1 Å². The number of phenols is 1. The van der Waals surface area contributed by atoms with Crippen molar-refractivity contribution in [2.75, 3.05) is 49.1 Å². The number of amides is 1. The average Bonchev–Trinajstić information content (AvgIpc) is 2.77. The fourth-order valence-electron chi connectivity index (χ4n) is 4.97. The van der Waals surface area contributed by atoms with Crippen molar-refractivity contribution < 1.29 is 14.8 Å². The van der Waals surface area contributed by atoms with Gasteiger partial charge in [-0.3, -0.25) is 14.9 Å². The first-order valence-electron chi connectivity index (χ1n) is 11.2. The van der Waals surface area contributed by atoms with Gasteiger partial charge in [0, 0.05) is 62.7 Å². The zero-order valence-electron chi connectivity index (χ0n) is 18.6. The molecule has 2 aromatic rings. The molecule has 2 unspecified atom stereocenters. The molecule has 2 atom stereocenters. The van der Waals surface area contributed by atoms with Crippen molar-refractivity contribution >= 4 is 23.0 Å². The molecule has 1 N–H and O–H groups in total. The van der Waals surface area contributed by atoms with E-state index in [1.807, 2.05) is 6.07 Å². The number of rotatable bonds is 4. The molecule has 0 bridgehead atoms. The molecule has 2 aromatic carbocycles. The van der Waals surface area contributed by atoms with Crippen LogP contribution in [0, 0.1) is 22.0 Å². The highest BCUT2D eigenvalue weighted by molar-refractivity contribution is 5.96. The Balaban J connectivity index is 1.48. The maximum atomic E-state index is 13.1. The lowest BCUT2D eigenvalue weighted by molar-refractivity contribution is -0.384. The third kappa shape index (κ3) is 4.64. The van der Waals surface area contributed by atoms with Crippen LogP contribution in [-0.2, 0) is 0 Å². The molecule has 2 aliphatic rings. The van der Waals surface area contributed by atoms with E-state index in [2.05, 4.69) is 23.6 Å². The third-order valence-electron chi connectivity index (χ3n) is 6.39. The van der Waals surface area contributed by atoms with Crippen LogP contribution in [0.1, 0.15) is 30.6 Å². The molecule has 4 rings (SSSR count). The van der Waals surface area contributed by atoms with E-state index in [0.717, 1.165) is 25.2 Å². The first-order valence-corrected chi connectivity index (χ1v) is 11.2. The second-order valence-electron chi connectivity index (χ2n) is 9.11. The summed E-state index contributed by atoms with van der Waals surface area (Å²) in [5.41, 5.74) is 1.86. The Morgan fingerprint density at radius 3 is 2.31 bits per heavy atom. The Morgan fingerprint density at radius 1 is 1.00 bits per heavy atom. The van der Waals surface area contributed by atoms with Gasteiger partial charge in [-0.25, -0.2) is 0 Å². The summed E-state index contributed by atoms with van der Waals surface area (Å²) in [6.45, 7) is 8.23. The minimum Gasteiger partial charge on any atom is -0.508 e. The van der Waals surface area contributed by atoms with Crippen molar-refractivity contribution in [3.63, 3.8) is 0 Å². The summed E-state index contributed by atoms with van der Waals surface area (Å²) in [6, 6.07) is 12.0. The van der Waals surface area contributed by atoms with E-state index >= 15 is 0 Å². The quantitative estimate of drug-likeness (QED) is 0.578. The number of hydrogen-bond acceptors (Lipinski definition) is 6. The molecule has 0 spiro atoms. The number of nitro benzene ring substituents is 1. The maximum absolute atomic E-state index is 13.1. The summed E-state index contributed by atoms with van der Waals surface area (Å²) in [5, 5.41) is 21.5. The van der Waals surface area contributed by atoms with Crippen LogP contribution in [0.5, 0.6) is 5.75 Å². The van der Waals surface area contributed by atoms with E-state index in [9.17, 15) is 20.0 Å². The van der Waals surface area contributed by atoms with Crippen LogP contribution < -0.4 is 9.80 Å². The zero-order valence-corrected chi connectivity index (χ0v) is 18.6. The van der Waals surface area contributed by atoms with E-state index < -0.39 is 0 Å². The monoisotopic (exact) mass is 438 g/mol. The van der Waals surface area contributed by atoms with Crippen molar-refractivity contribution in [3.8, 4) is 5.75 Å². The molecule has 8 nitrogen and oxygen atoms in total. The molecule has 0 aliphatic carbocycles. The molecule has 0 aromatic heterocycles. The lowest BCUT2D eigenvalue weighted by Crippen LogP contribution is -2.48. The van der Waals surface area contributed by atoms with Gasteiger partial charge in [-0.05, 0) is 42.5 Å². The number of hydrogen-bond donors (Lipinski definition) is 1. The van der Waals surface area contributed by atoms with Crippen LogP contribution in [0.15, 0.2) is 42.5 Å². The Bertz CT molecular complexity index is 993. The summed E-state index contributed by atoms with van der Waals surface area (Å²) in [5.74, 6) is 0.978. The molecule has 2 fully saturated rings. The van der Waals surface area contributed by atoms with Crippen molar-refractivity contribution in [1.82, 2.24) is 4.90 Å². The number of piperazine rings is 1. The molecule has 1 amide bonds. The Labute approximate surface area is 188 Å². The minimum atomic E-state index is -0.379. The Hall–Kier alpha value is -3.29. The molecule has 2 heterocycles. The minimum absolute atomic E-state index is 0.00412. The van der Waals surface area contributed by atoms with Crippen molar-refractivity contribution in [3.05, 3.63) is 58.1 Å². The first kappa shape index (κ1) is 21.9. The van der Waals surface area contributed by atoms with Crippen LogP contribution in [0.2, 0.25) is 0 Å². The number of carbonyl (C=O) groups excluding carboxylic acids is 1. The zero-order chi connectivity index (χ0) is 22.8. The number of carbonyl (C=O) groups is 1. The fourth-order valence-corrected chi connectivity index (χ4v) is 4.97. The number of anilines is 2. The summed E-state index contributed by atoms with van der Waals surface area (Å²) >= 11 is 0. The SMILES string of the molecule is CC1CC(C)CN(c2ccc(C(=O)N3CCN(c4cccc(O)c4)CC3)cc2[N+](=O)[O-])C1. The number of aromatic hydroxyl groups is 1. The van der Waals surface area contributed by atoms with Gasteiger partial charge in [-0.1, -0.05) is 19.9 Å². The summed E-state index contributed by atoms with van der Waals surface area (Å²) in [4.78, 5) is 30.5. The van der Waals surface area contributed by atoms with Gasteiger partial charge in [0.25, 0.3) is 11.6 Å². The lowest BCUT2D eigenvalue weighted by atomic mass is 9.91. The van der Waals surface area contributed by atoms with Crippen LogP contribution in [0.4, 0.5) is 17.1 Å². The van der Waals surface area contributed by atoms with E-state index in [0.29, 0.717) is 49.3 Å². The number of piperidine rings is 1. The Kier molecular flexibility index (Phi) is 6.21. The van der Waals surface area contributed by atoms with Crippen molar-refractivity contribution in [1.29, 1.82) is 0 Å². The van der Waals surface area contributed by atoms with Gasteiger partial charge in [0.2, 0.25) is 0 Å². The largest absolute Gasteiger partial charge is 0.508 e. The molecule has 32 heavy (non-hydrogen) atoms. The second kappa shape index (κ2) is 9.06. The smallest absolute Gasteiger partial charge is 0.293 e. The van der Waals surface area contributed by atoms with Gasteiger partial charge in [0.05, 0.1) is 4.92 Å². The summed E-state index contributed by atoms with van der Waals surface area (Å²) in [7, 11) is 0. The summed E-state index contributed by atoms with van der Waals surface area (Å²) in [6.07, 6.45) is 1.12. The predicted octanol–water partition coefficient (Wildman–Crippen LogP) is 3.75. The number of nitrogens with zero attached hydrogens (tertiary/aromatic N) is 4. The highest BCUT2D eigenvalue weighted by atomic mass is 16.6. The summed E-state index contributed by atoms with van der Waals surface area (Å²) < 4.78 is 0. The van der Waals surface area contributed by atoms with Gasteiger partial charge in [-0.15, -0.1) is 0 Å². The molecule has 170 valence electrons. The number of nitro groups is 1. The second-order valence-corrected chi connectivity index (χ2v) is 9.11. The normalized spacial score (nSPS) is 21.5. The van der Waals surface area contributed by atoms with E-state index in [1.54, 1.807) is 35.2 Å². The highest BCUT2D eigenvalue weighted by Gasteiger charge is 2.29. The molecular formula is C24H30N4O4. The van der Waals surface area contributed by atoms with Crippen molar-refractivity contribution in [2.45, 2.75) is 20.3 Å². The van der Waals surface area contributed by atoms with Gasteiger partial charge in [0.1, 0.15) is 11.4 Å². The average molecular weight is 439 g/mol. The van der Waals surface area contributed by atoms with Gasteiger partial charge in [-0.2, -0.15) is 0 Å². The molecule has 8 heteroatoms.